The third kappa shape index (κ3) is 4.36. The Balaban J connectivity index is 1.93. The number of hydrogen-bond acceptors (Lipinski definition) is 4. The Labute approximate surface area is 153 Å². The molecule has 1 aromatic carbocycles. The maximum Gasteiger partial charge on any atom is 0.126 e. The fourth-order valence-corrected chi connectivity index (χ4v) is 2.53. The average Bonchev–Trinajstić information content (AvgIpc) is 2.72. The third-order valence-corrected chi connectivity index (χ3v) is 3.90. The highest BCUT2D eigenvalue weighted by Gasteiger charge is 2.08. The van der Waals surface area contributed by atoms with E-state index in [-0.39, 0.29) is 0 Å². The molecule has 3 aromatic rings. The molecule has 0 aliphatic heterocycles. The Morgan fingerprint density at radius 3 is 1.35 bits per heavy atom. The predicted molar refractivity (Wildman–Crippen MR) is 106 cm³/mol. The van der Waals surface area contributed by atoms with Gasteiger partial charge in [0.2, 0.25) is 0 Å². The Hall–Kier alpha value is -3.40. The molecule has 0 spiro atoms. The van der Waals surface area contributed by atoms with Crippen LogP contribution < -0.4 is 9.47 Å². The topological polar surface area (TPSA) is 44.2 Å². The molecule has 0 saturated carbocycles. The van der Waals surface area contributed by atoms with E-state index in [4.69, 9.17) is 9.47 Å². The smallest absolute Gasteiger partial charge is 0.126 e. The van der Waals surface area contributed by atoms with E-state index in [9.17, 15) is 0 Å². The van der Waals surface area contributed by atoms with Crippen molar-refractivity contribution in [1.82, 2.24) is 9.97 Å². The normalized spacial score (nSPS) is 11.2. The van der Waals surface area contributed by atoms with Gasteiger partial charge in [0.05, 0.1) is 14.2 Å². The number of pyridine rings is 2. The van der Waals surface area contributed by atoms with Gasteiger partial charge in [0.25, 0.3) is 0 Å². The van der Waals surface area contributed by atoms with Crippen molar-refractivity contribution in [3.63, 3.8) is 0 Å². The molecular weight excluding hydrogens is 324 g/mol. The quantitative estimate of drug-likeness (QED) is 0.642. The van der Waals surface area contributed by atoms with Crippen LogP contribution in [-0.4, -0.2) is 24.2 Å². The lowest BCUT2D eigenvalue weighted by atomic mass is 10.1. The Kier molecular flexibility index (Phi) is 5.78. The van der Waals surface area contributed by atoms with Gasteiger partial charge in [0.15, 0.2) is 0 Å². The molecule has 0 amide bonds. The van der Waals surface area contributed by atoms with Gasteiger partial charge in [0, 0.05) is 35.9 Å². The number of methoxy groups -OCH3 is 2. The summed E-state index contributed by atoms with van der Waals surface area (Å²) in [5.74, 6) is 1.57. The molecule has 0 aliphatic rings. The fourth-order valence-electron chi connectivity index (χ4n) is 2.53. The van der Waals surface area contributed by atoms with Crippen LogP contribution in [0.5, 0.6) is 11.5 Å². The van der Waals surface area contributed by atoms with Crippen LogP contribution >= 0.6 is 0 Å². The standard InChI is InChI=1S/C22H20N2O2/c1-25-21-15-20(6-4-18-9-13-24-14-10-18)22(26-2)16-19(21)5-3-17-7-11-23-12-8-17/h3-16H,1-2H3. The second-order valence-electron chi connectivity index (χ2n) is 5.56. The molecule has 4 nitrogen and oxygen atoms in total. The minimum Gasteiger partial charge on any atom is -0.496 e. The lowest BCUT2D eigenvalue weighted by Crippen LogP contribution is -1.93. The van der Waals surface area contributed by atoms with Crippen LogP contribution in [0.4, 0.5) is 0 Å². The summed E-state index contributed by atoms with van der Waals surface area (Å²) in [4.78, 5) is 8.06. The van der Waals surface area contributed by atoms with Gasteiger partial charge in [-0.3, -0.25) is 9.97 Å². The monoisotopic (exact) mass is 344 g/mol. The van der Waals surface area contributed by atoms with Crippen LogP contribution in [0.1, 0.15) is 22.3 Å². The highest BCUT2D eigenvalue weighted by Crippen LogP contribution is 2.31. The molecule has 130 valence electrons. The van der Waals surface area contributed by atoms with E-state index in [1.165, 1.54) is 0 Å². The fraction of sp³-hybridized carbons (Fsp3) is 0.0909. The summed E-state index contributed by atoms with van der Waals surface area (Å²) < 4.78 is 11.1. The lowest BCUT2D eigenvalue weighted by molar-refractivity contribution is 0.401. The number of ether oxygens (including phenoxy) is 2. The molecule has 26 heavy (non-hydrogen) atoms. The SMILES string of the molecule is COc1cc(C=Cc2ccncc2)c(OC)cc1C=Cc1ccncc1. The van der Waals surface area contributed by atoms with Gasteiger partial charge in [-0.2, -0.15) is 0 Å². The summed E-state index contributed by atoms with van der Waals surface area (Å²) >= 11 is 0. The highest BCUT2D eigenvalue weighted by atomic mass is 16.5. The molecule has 0 atom stereocenters. The number of aromatic nitrogens is 2. The third-order valence-electron chi connectivity index (χ3n) is 3.90. The molecule has 2 heterocycles. The van der Waals surface area contributed by atoms with E-state index in [1.54, 1.807) is 39.0 Å². The van der Waals surface area contributed by atoms with Gasteiger partial charge in [-0.15, -0.1) is 0 Å². The van der Waals surface area contributed by atoms with Crippen molar-refractivity contribution in [1.29, 1.82) is 0 Å². The second-order valence-corrected chi connectivity index (χ2v) is 5.56. The first-order chi connectivity index (χ1) is 12.8. The van der Waals surface area contributed by atoms with Crippen molar-refractivity contribution in [2.45, 2.75) is 0 Å². The predicted octanol–water partition coefficient (Wildman–Crippen LogP) is 4.83. The zero-order valence-electron chi connectivity index (χ0n) is 14.8. The van der Waals surface area contributed by atoms with Gasteiger partial charge in [-0.1, -0.05) is 24.3 Å². The minimum absolute atomic E-state index is 0.783. The van der Waals surface area contributed by atoms with Crippen molar-refractivity contribution in [3.8, 4) is 11.5 Å². The van der Waals surface area contributed by atoms with E-state index in [0.717, 1.165) is 33.8 Å². The summed E-state index contributed by atoms with van der Waals surface area (Å²) in [7, 11) is 3.34. The minimum atomic E-state index is 0.783. The first kappa shape index (κ1) is 17.4. The van der Waals surface area contributed by atoms with Crippen LogP contribution in [0.3, 0.4) is 0 Å². The summed E-state index contributed by atoms with van der Waals surface area (Å²) in [5.41, 5.74) is 4.04. The highest BCUT2D eigenvalue weighted by molar-refractivity contribution is 5.78. The number of benzene rings is 1. The van der Waals surface area contributed by atoms with Crippen LogP contribution in [0.2, 0.25) is 0 Å². The number of nitrogens with zero attached hydrogens (tertiary/aromatic N) is 2. The van der Waals surface area contributed by atoms with Gasteiger partial charge in [-0.25, -0.2) is 0 Å². The van der Waals surface area contributed by atoms with Crippen molar-refractivity contribution < 1.29 is 9.47 Å². The molecule has 0 fully saturated rings. The summed E-state index contributed by atoms with van der Waals surface area (Å²) in [6, 6.07) is 11.8. The van der Waals surface area contributed by atoms with Crippen molar-refractivity contribution in [3.05, 3.63) is 83.4 Å². The van der Waals surface area contributed by atoms with Gasteiger partial charge in [0.1, 0.15) is 11.5 Å². The molecule has 0 unspecified atom stereocenters. The summed E-state index contributed by atoms with van der Waals surface area (Å²) in [5, 5.41) is 0. The average molecular weight is 344 g/mol. The zero-order chi connectivity index (χ0) is 18.2. The van der Waals surface area contributed by atoms with Crippen LogP contribution in [0.15, 0.2) is 61.2 Å². The maximum atomic E-state index is 5.56. The molecule has 0 radical (unpaired) electrons. The Morgan fingerprint density at radius 1 is 0.615 bits per heavy atom. The lowest BCUT2D eigenvalue weighted by Gasteiger charge is -2.11. The van der Waals surface area contributed by atoms with E-state index in [2.05, 4.69) is 9.97 Å². The molecule has 2 aromatic heterocycles. The molecule has 0 aliphatic carbocycles. The van der Waals surface area contributed by atoms with E-state index in [0.29, 0.717) is 0 Å². The van der Waals surface area contributed by atoms with Crippen molar-refractivity contribution in [2.24, 2.45) is 0 Å². The molecule has 0 bridgehead atoms. The Bertz CT molecular complexity index is 827. The second kappa shape index (κ2) is 8.62. The largest absolute Gasteiger partial charge is 0.496 e. The first-order valence-corrected chi connectivity index (χ1v) is 8.22. The maximum absolute atomic E-state index is 5.56. The molecular formula is C22H20N2O2. The van der Waals surface area contributed by atoms with E-state index in [1.807, 2.05) is 60.7 Å². The van der Waals surface area contributed by atoms with Crippen molar-refractivity contribution >= 4 is 24.3 Å². The summed E-state index contributed by atoms with van der Waals surface area (Å²) in [6.45, 7) is 0. The first-order valence-electron chi connectivity index (χ1n) is 8.22. The van der Waals surface area contributed by atoms with Crippen LogP contribution in [-0.2, 0) is 0 Å². The molecule has 0 saturated heterocycles. The van der Waals surface area contributed by atoms with E-state index < -0.39 is 0 Å². The number of rotatable bonds is 6. The molecule has 4 heteroatoms. The number of hydrogen-bond donors (Lipinski definition) is 0. The molecule has 0 N–H and O–H groups in total. The van der Waals surface area contributed by atoms with Crippen LogP contribution in [0, 0.1) is 0 Å². The van der Waals surface area contributed by atoms with Gasteiger partial charge >= 0.3 is 0 Å². The van der Waals surface area contributed by atoms with E-state index >= 15 is 0 Å². The van der Waals surface area contributed by atoms with Crippen molar-refractivity contribution in [2.75, 3.05) is 14.2 Å². The van der Waals surface area contributed by atoms with Crippen LogP contribution in [0.25, 0.3) is 24.3 Å². The zero-order valence-corrected chi connectivity index (χ0v) is 14.8. The van der Waals surface area contributed by atoms with Gasteiger partial charge < -0.3 is 9.47 Å². The summed E-state index contributed by atoms with van der Waals surface area (Å²) in [6.07, 6.45) is 15.1. The van der Waals surface area contributed by atoms with Gasteiger partial charge in [-0.05, 0) is 47.5 Å². The molecule has 3 rings (SSSR count). The Morgan fingerprint density at radius 2 is 1.00 bits per heavy atom.